The molecule has 0 saturated carbocycles. The molecule has 1 atom stereocenters. The number of nitrogen functional groups attached to an aromatic ring is 1. The summed E-state index contributed by atoms with van der Waals surface area (Å²) < 4.78 is 5.10. The summed E-state index contributed by atoms with van der Waals surface area (Å²) in [6.07, 6.45) is -0.569. The van der Waals surface area contributed by atoms with Gasteiger partial charge in [0, 0.05) is 6.54 Å². The fraction of sp³-hybridized carbons (Fsp3) is 0.462. The first-order chi connectivity index (χ1) is 8.47. The van der Waals surface area contributed by atoms with Crippen LogP contribution in [0.15, 0.2) is 18.2 Å². The lowest BCUT2D eigenvalue weighted by atomic mass is 10.1. The van der Waals surface area contributed by atoms with Gasteiger partial charge in [-0.25, -0.2) is 0 Å². The van der Waals surface area contributed by atoms with Crippen molar-refractivity contribution in [1.29, 1.82) is 0 Å². The SMILES string of the molecule is COc1c(N)cccc1C(=O)NCC(O)C(C)C. The highest BCUT2D eigenvalue weighted by Crippen LogP contribution is 2.25. The number of hydrogen-bond acceptors (Lipinski definition) is 4. The molecular formula is C13H20N2O3. The van der Waals surface area contributed by atoms with Gasteiger partial charge in [0.15, 0.2) is 5.75 Å². The molecule has 1 aromatic rings. The van der Waals surface area contributed by atoms with Gasteiger partial charge in [-0.05, 0) is 18.1 Å². The molecule has 0 aromatic heterocycles. The van der Waals surface area contributed by atoms with Gasteiger partial charge in [0.2, 0.25) is 0 Å². The summed E-state index contributed by atoms with van der Waals surface area (Å²) in [7, 11) is 1.46. The summed E-state index contributed by atoms with van der Waals surface area (Å²) in [6.45, 7) is 3.98. The van der Waals surface area contributed by atoms with Gasteiger partial charge in [0.25, 0.3) is 5.91 Å². The maximum absolute atomic E-state index is 11.9. The number of amides is 1. The van der Waals surface area contributed by atoms with Crippen LogP contribution < -0.4 is 15.8 Å². The average Bonchev–Trinajstić information content (AvgIpc) is 2.34. The molecule has 100 valence electrons. The van der Waals surface area contributed by atoms with Crippen molar-refractivity contribution in [2.24, 2.45) is 5.92 Å². The van der Waals surface area contributed by atoms with E-state index in [1.54, 1.807) is 18.2 Å². The van der Waals surface area contributed by atoms with Crippen LogP contribution in [0.5, 0.6) is 5.75 Å². The molecule has 0 aliphatic heterocycles. The molecule has 5 nitrogen and oxygen atoms in total. The van der Waals surface area contributed by atoms with Gasteiger partial charge in [0.1, 0.15) is 0 Å². The van der Waals surface area contributed by atoms with Crippen LogP contribution in [0.1, 0.15) is 24.2 Å². The molecule has 5 heteroatoms. The van der Waals surface area contributed by atoms with Crippen molar-refractivity contribution >= 4 is 11.6 Å². The first-order valence-corrected chi connectivity index (χ1v) is 5.86. The number of aliphatic hydroxyl groups is 1. The van der Waals surface area contributed by atoms with Gasteiger partial charge in [-0.15, -0.1) is 0 Å². The summed E-state index contributed by atoms with van der Waals surface area (Å²) in [5.41, 5.74) is 6.50. The van der Waals surface area contributed by atoms with Crippen LogP contribution in [0.4, 0.5) is 5.69 Å². The Morgan fingerprint density at radius 2 is 2.17 bits per heavy atom. The first-order valence-electron chi connectivity index (χ1n) is 5.86. The van der Waals surface area contributed by atoms with Crippen molar-refractivity contribution in [3.63, 3.8) is 0 Å². The molecule has 1 amide bonds. The number of methoxy groups -OCH3 is 1. The Morgan fingerprint density at radius 3 is 2.72 bits per heavy atom. The van der Waals surface area contributed by atoms with Crippen LogP contribution in [0, 0.1) is 5.92 Å². The highest BCUT2D eigenvalue weighted by Gasteiger charge is 2.16. The molecule has 0 bridgehead atoms. The van der Waals surface area contributed by atoms with Crippen molar-refractivity contribution in [3.05, 3.63) is 23.8 Å². The largest absolute Gasteiger partial charge is 0.494 e. The summed E-state index contributed by atoms with van der Waals surface area (Å²) in [6, 6.07) is 4.98. The molecule has 0 aliphatic rings. The number of para-hydroxylation sites is 1. The molecule has 0 saturated heterocycles. The molecule has 0 aliphatic carbocycles. The number of aliphatic hydroxyl groups excluding tert-OH is 1. The van der Waals surface area contributed by atoms with E-state index < -0.39 is 6.10 Å². The van der Waals surface area contributed by atoms with Crippen LogP contribution in [0.3, 0.4) is 0 Å². The fourth-order valence-corrected chi connectivity index (χ4v) is 1.49. The molecule has 0 radical (unpaired) electrons. The smallest absolute Gasteiger partial charge is 0.255 e. The third-order valence-corrected chi connectivity index (χ3v) is 2.74. The zero-order valence-corrected chi connectivity index (χ0v) is 10.9. The minimum Gasteiger partial charge on any atom is -0.494 e. The monoisotopic (exact) mass is 252 g/mol. The third-order valence-electron chi connectivity index (χ3n) is 2.74. The molecule has 0 heterocycles. The van der Waals surface area contributed by atoms with Crippen LogP contribution in [0.2, 0.25) is 0 Å². The third kappa shape index (κ3) is 3.37. The first kappa shape index (κ1) is 14.3. The van der Waals surface area contributed by atoms with E-state index in [0.29, 0.717) is 17.0 Å². The molecule has 18 heavy (non-hydrogen) atoms. The summed E-state index contributed by atoms with van der Waals surface area (Å²) in [4.78, 5) is 11.9. The molecule has 4 N–H and O–H groups in total. The predicted octanol–water partition coefficient (Wildman–Crippen LogP) is 1.02. The molecular weight excluding hydrogens is 232 g/mol. The highest BCUT2D eigenvalue weighted by atomic mass is 16.5. The maximum Gasteiger partial charge on any atom is 0.255 e. The summed E-state index contributed by atoms with van der Waals surface area (Å²) in [5.74, 6) is 0.140. The van der Waals surface area contributed by atoms with E-state index in [2.05, 4.69) is 5.32 Å². The Morgan fingerprint density at radius 1 is 1.50 bits per heavy atom. The summed E-state index contributed by atoms with van der Waals surface area (Å²) >= 11 is 0. The standard InChI is InChI=1S/C13H20N2O3/c1-8(2)11(16)7-15-13(17)9-5-4-6-10(14)12(9)18-3/h4-6,8,11,16H,7,14H2,1-3H3,(H,15,17). The van der Waals surface area contributed by atoms with Crippen LogP contribution >= 0.6 is 0 Å². The maximum atomic E-state index is 11.9. The van der Waals surface area contributed by atoms with E-state index in [1.165, 1.54) is 7.11 Å². The number of anilines is 1. The second-order valence-corrected chi connectivity index (χ2v) is 4.45. The Kier molecular flexibility index (Phi) is 4.97. The van der Waals surface area contributed by atoms with Gasteiger partial charge >= 0.3 is 0 Å². The fourth-order valence-electron chi connectivity index (χ4n) is 1.49. The van der Waals surface area contributed by atoms with E-state index in [9.17, 15) is 9.90 Å². The number of rotatable bonds is 5. The lowest BCUT2D eigenvalue weighted by Crippen LogP contribution is -2.34. The minimum absolute atomic E-state index is 0.0908. The number of carbonyl (C=O) groups excluding carboxylic acids is 1. The van der Waals surface area contributed by atoms with Gasteiger partial charge < -0.3 is 20.9 Å². The van der Waals surface area contributed by atoms with Gasteiger partial charge in [-0.2, -0.15) is 0 Å². The lowest BCUT2D eigenvalue weighted by molar-refractivity contribution is 0.0869. The summed E-state index contributed by atoms with van der Waals surface area (Å²) in [5, 5.41) is 12.3. The topological polar surface area (TPSA) is 84.6 Å². The zero-order valence-electron chi connectivity index (χ0n) is 10.9. The van der Waals surface area contributed by atoms with E-state index in [4.69, 9.17) is 10.5 Å². The number of nitrogens with two attached hydrogens (primary N) is 1. The molecule has 1 unspecified atom stereocenters. The Labute approximate surface area is 107 Å². The molecule has 0 fully saturated rings. The Balaban J connectivity index is 2.76. The lowest BCUT2D eigenvalue weighted by Gasteiger charge is -2.16. The van der Waals surface area contributed by atoms with Crippen LogP contribution in [0.25, 0.3) is 0 Å². The van der Waals surface area contributed by atoms with Gasteiger partial charge in [-0.3, -0.25) is 4.79 Å². The van der Waals surface area contributed by atoms with Crippen molar-refractivity contribution in [3.8, 4) is 5.75 Å². The molecule has 1 rings (SSSR count). The van der Waals surface area contributed by atoms with E-state index in [-0.39, 0.29) is 18.4 Å². The van der Waals surface area contributed by atoms with E-state index >= 15 is 0 Å². The van der Waals surface area contributed by atoms with Crippen molar-refractivity contribution in [2.75, 3.05) is 19.4 Å². The van der Waals surface area contributed by atoms with Crippen LogP contribution in [-0.2, 0) is 0 Å². The average molecular weight is 252 g/mol. The Hall–Kier alpha value is -1.75. The van der Waals surface area contributed by atoms with Crippen molar-refractivity contribution < 1.29 is 14.6 Å². The van der Waals surface area contributed by atoms with Gasteiger partial charge in [-0.1, -0.05) is 19.9 Å². The van der Waals surface area contributed by atoms with Crippen molar-refractivity contribution in [2.45, 2.75) is 20.0 Å². The molecule has 0 spiro atoms. The van der Waals surface area contributed by atoms with Crippen LogP contribution in [-0.4, -0.2) is 30.8 Å². The number of benzene rings is 1. The second kappa shape index (κ2) is 6.26. The normalized spacial score (nSPS) is 12.3. The van der Waals surface area contributed by atoms with E-state index in [1.807, 2.05) is 13.8 Å². The minimum atomic E-state index is -0.569. The number of carbonyl (C=O) groups is 1. The Bertz CT molecular complexity index is 419. The number of ether oxygens (including phenoxy) is 1. The highest BCUT2D eigenvalue weighted by molar-refractivity contribution is 5.98. The van der Waals surface area contributed by atoms with E-state index in [0.717, 1.165) is 0 Å². The second-order valence-electron chi connectivity index (χ2n) is 4.45. The van der Waals surface area contributed by atoms with Gasteiger partial charge in [0.05, 0.1) is 24.5 Å². The number of nitrogens with one attached hydrogen (secondary N) is 1. The quantitative estimate of drug-likeness (QED) is 0.683. The molecule has 1 aromatic carbocycles. The van der Waals surface area contributed by atoms with Crippen molar-refractivity contribution in [1.82, 2.24) is 5.32 Å². The number of hydrogen-bond donors (Lipinski definition) is 3. The predicted molar refractivity (Wildman–Crippen MR) is 70.6 cm³/mol. The zero-order chi connectivity index (χ0) is 13.7.